The number of carbonyl (C=O) groups excluding carboxylic acids is 2. The molecule has 0 aromatic carbocycles. The number of esters is 2. The lowest BCUT2D eigenvalue weighted by atomic mass is 10.0. The van der Waals surface area contributed by atoms with Crippen LogP contribution in [0.3, 0.4) is 0 Å². The van der Waals surface area contributed by atoms with Crippen molar-refractivity contribution >= 4 is 19.8 Å². The van der Waals surface area contributed by atoms with E-state index in [0.717, 1.165) is 96.3 Å². The van der Waals surface area contributed by atoms with Crippen LogP contribution < -0.4 is 4.89 Å². The number of ether oxygens (including phenoxy) is 2. The Balaban J connectivity index is 3.98. The van der Waals surface area contributed by atoms with E-state index in [1.165, 1.54) is 212 Å². The van der Waals surface area contributed by atoms with E-state index in [1.54, 1.807) is 0 Å². The average Bonchev–Trinajstić information content (AvgIpc) is 3.54. The van der Waals surface area contributed by atoms with Gasteiger partial charge in [0, 0.05) is 12.8 Å². The first-order valence-electron chi connectivity index (χ1n) is 36.1. The molecule has 9 nitrogen and oxygen atoms in total. The number of phosphoric ester groups is 1. The number of hydrogen-bond donors (Lipinski definition) is 0. The van der Waals surface area contributed by atoms with Crippen LogP contribution in [-0.2, 0) is 32.7 Å². The molecule has 0 saturated carbocycles. The fourth-order valence-electron chi connectivity index (χ4n) is 10.5. The summed E-state index contributed by atoms with van der Waals surface area (Å²) in [4.78, 5) is 38.1. The quantitative estimate of drug-likeness (QED) is 0.0195. The lowest BCUT2D eigenvalue weighted by Gasteiger charge is -2.28. The number of quaternary nitrogens is 1. The molecule has 0 saturated heterocycles. The topological polar surface area (TPSA) is 111 Å². The molecule has 0 N–H and O–H groups in total. The predicted molar refractivity (Wildman–Crippen MR) is 365 cm³/mol. The molecule has 85 heavy (non-hydrogen) atoms. The zero-order chi connectivity index (χ0) is 61.9. The molecule has 0 rings (SSSR count). The van der Waals surface area contributed by atoms with Crippen LogP contribution in [0.2, 0.25) is 0 Å². The molecule has 0 aliphatic heterocycles. The van der Waals surface area contributed by atoms with Crippen molar-refractivity contribution in [2.45, 2.75) is 347 Å². The van der Waals surface area contributed by atoms with Crippen LogP contribution in [0, 0.1) is 0 Å². The molecule has 0 fully saturated rings. The minimum absolute atomic E-state index is 0.0357. The van der Waals surface area contributed by atoms with Gasteiger partial charge in [-0.25, -0.2) is 0 Å². The first-order valence-corrected chi connectivity index (χ1v) is 37.6. The maximum Gasteiger partial charge on any atom is 0.306 e. The summed E-state index contributed by atoms with van der Waals surface area (Å²) in [5.41, 5.74) is 0. The van der Waals surface area contributed by atoms with E-state index in [4.69, 9.17) is 18.5 Å². The van der Waals surface area contributed by atoms with Gasteiger partial charge in [0.05, 0.1) is 27.7 Å². The van der Waals surface area contributed by atoms with Crippen molar-refractivity contribution in [1.82, 2.24) is 0 Å². The van der Waals surface area contributed by atoms with Gasteiger partial charge >= 0.3 is 11.9 Å². The highest BCUT2D eigenvalue weighted by molar-refractivity contribution is 7.45. The van der Waals surface area contributed by atoms with E-state index >= 15 is 0 Å². The predicted octanol–water partition coefficient (Wildman–Crippen LogP) is 22.9. The zero-order valence-electron chi connectivity index (χ0n) is 56.6. The zero-order valence-corrected chi connectivity index (χ0v) is 57.5. The normalized spacial score (nSPS) is 13.5. The Kier molecular flexibility index (Phi) is 63.9. The number of carbonyl (C=O) groups is 2. The molecule has 0 spiro atoms. The van der Waals surface area contributed by atoms with Crippen molar-refractivity contribution in [3.05, 3.63) is 72.9 Å². The monoisotopic (exact) mass is 1210 g/mol. The largest absolute Gasteiger partial charge is 0.756 e. The van der Waals surface area contributed by atoms with Gasteiger partial charge in [0.25, 0.3) is 7.82 Å². The first kappa shape index (κ1) is 82.5. The molecule has 0 aromatic heterocycles. The maximum atomic E-state index is 12.8. The minimum atomic E-state index is -4.65. The smallest absolute Gasteiger partial charge is 0.306 e. The summed E-state index contributed by atoms with van der Waals surface area (Å²) in [5.74, 6) is -0.840. The summed E-state index contributed by atoms with van der Waals surface area (Å²) < 4.78 is 34.3. The van der Waals surface area contributed by atoms with Crippen LogP contribution in [0.4, 0.5) is 0 Å². The van der Waals surface area contributed by atoms with Gasteiger partial charge in [0.15, 0.2) is 6.10 Å². The lowest BCUT2D eigenvalue weighted by molar-refractivity contribution is -0.870. The average molecular weight is 1210 g/mol. The fourth-order valence-corrected chi connectivity index (χ4v) is 11.2. The standard InChI is InChI=1S/C75H138NO8P/c1-6-8-10-12-14-16-18-20-22-24-26-28-30-32-33-34-35-36-37-38-39-40-41-42-44-45-47-49-51-53-55-57-59-61-63-65-67-74(77)81-71-73(72-83-85(79,80)82-70-69-76(3,4)5)84-75(78)68-66-64-62-60-58-56-54-52-50-48-46-43-31-29-27-25-23-21-19-17-15-13-11-9-7-2/h9,11,15,17,21,23,27,29,43,46,50,52,73H,6-8,10,12-14,16,18-20,22,24-26,28,30-42,44-45,47-49,51,53-72H2,1-5H3/b11-9-,17-15-,23-21-,29-27-,46-43-,52-50-. The van der Waals surface area contributed by atoms with Crippen LogP contribution in [0.1, 0.15) is 341 Å². The Morgan fingerprint density at radius 2 is 0.671 bits per heavy atom. The minimum Gasteiger partial charge on any atom is -0.756 e. The van der Waals surface area contributed by atoms with E-state index in [0.29, 0.717) is 17.4 Å². The second-order valence-corrected chi connectivity index (χ2v) is 27.0. The SMILES string of the molecule is CC/C=C\C/C=C\C/C=C\C/C=C\C/C=C\C/C=C\CCCCCCCCC(=O)OC(COC(=O)CCCCCCCCCCCCCCCCCCCCCCCCCCCCCCCCCCCCCC)COP(=O)([O-])OCC[N+](C)(C)C. The number of nitrogens with zero attached hydrogens (tertiary/aromatic N) is 1. The summed E-state index contributed by atoms with van der Waals surface area (Å²) in [6, 6.07) is 0. The van der Waals surface area contributed by atoms with Crippen molar-refractivity contribution in [3.8, 4) is 0 Å². The summed E-state index contributed by atoms with van der Waals surface area (Å²) in [5, 5.41) is 0. The third-order valence-corrected chi connectivity index (χ3v) is 17.0. The Morgan fingerprint density at radius 1 is 0.376 bits per heavy atom. The highest BCUT2D eigenvalue weighted by Gasteiger charge is 2.22. The van der Waals surface area contributed by atoms with Gasteiger partial charge in [-0.3, -0.25) is 14.2 Å². The third-order valence-electron chi connectivity index (χ3n) is 16.0. The van der Waals surface area contributed by atoms with E-state index in [2.05, 4.69) is 86.8 Å². The molecule has 0 aliphatic rings. The van der Waals surface area contributed by atoms with Crippen molar-refractivity contribution in [1.29, 1.82) is 0 Å². The van der Waals surface area contributed by atoms with Crippen LogP contribution >= 0.6 is 7.82 Å². The van der Waals surface area contributed by atoms with Crippen LogP contribution in [0.5, 0.6) is 0 Å². The number of rotatable bonds is 67. The van der Waals surface area contributed by atoms with Crippen LogP contribution in [0.15, 0.2) is 72.9 Å². The molecule has 2 atom stereocenters. The molecule has 2 unspecified atom stereocenters. The van der Waals surface area contributed by atoms with Crippen molar-refractivity contribution in [2.75, 3.05) is 47.5 Å². The molecule has 0 amide bonds. The number of likely N-dealkylation sites (N-methyl/N-ethyl adjacent to an activating group) is 1. The number of hydrogen-bond acceptors (Lipinski definition) is 8. The molecule has 0 aliphatic carbocycles. The molecule has 496 valence electrons. The van der Waals surface area contributed by atoms with Crippen LogP contribution in [0.25, 0.3) is 0 Å². The Morgan fingerprint density at radius 3 is 1.00 bits per heavy atom. The second-order valence-electron chi connectivity index (χ2n) is 25.6. The van der Waals surface area contributed by atoms with Gasteiger partial charge in [-0.2, -0.15) is 0 Å². The number of allylic oxidation sites excluding steroid dienone is 12. The molecule has 0 radical (unpaired) electrons. The van der Waals surface area contributed by atoms with Gasteiger partial charge in [0.1, 0.15) is 19.8 Å². The molecule has 10 heteroatoms. The maximum absolute atomic E-state index is 12.8. The molecular formula is C75H138NO8P. The highest BCUT2D eigenvalue weighted by atomic mass is 31.2. The lowest BCUT2D eigenvalue weighted by Crippen LogP contribution is -2.37. The van der Waals surface area contributed by atoms with Crippen molar-refractivity contribution in [3.63, 3.8) is 0 Å². The van der Waals surface area contributed by atoms with Gasteiger partial charge in [0.2, 0.25) is 0 Å². The van der Waals surface area contributed by atoms with Gasteiger partial charge in [-0.15, -0.1) is 0 Å². The van der Waals surface area contributed by atoms with Crippen LogP contribution in [-0.4, -0.2) is 70.0 Å². The van der Waals surface area contributed by atoms with Crippen molar-refractivity contribution in [2.24, 2.45) is 0 Å². The second kappa shape index (κ2) is 65.9. The Bertz CT molecular complexity index is 1660. The van der Waals surface area contributed by atoms with E-state index in [9.17, 15) is 19.0 Å². The fraction of sp³-hybridized carbons (Fsp3) is 0.813. The van der Waals surface area contributed by atoms with E-state index < -0.39 is 26.5 Å². The first-order chi connectivity index (χ1) is 41.5. The van der Waals surface area contributed by atoms with Gasteiger partial charge < -0.3 is 27.9 Å². The van der Waals surface area contributed by atoms with E-state index in [1.807, 2.05) is 21.1 Å². The summed E-state index contributed by atoms with van der Waals surface area (Å²) in [6.45, 7) is 4.15. The summed E-state index contributed by atoms with van der Waals surface area (Å²) in [7, 11) is 1.16. The number of unbranched alkanes of at least 4 members (excludes halogenated alkanes) is 41. The third kappa shape index (κ3) is 70.4. The summed E-state index contributed by atoms with van der Waals surface area (Å²) in [6.07, 6.45) is 88.6. The van der Waals surface area contributed by atoms with Crippen molar-refractivity contribution < 1.29 is 42.1 Å². The van der Waals surface area contributed by atoms with Gasteiger partial charge in [-0.05, 0) is 64.2 Å². The van der Waals surface area contributed by atoms with Gasteiger partial charge in [-0.1, -0.05) is 337 Å². The van der Waals surface area contributed by atoms with E-state index in [-0.39, 0.29) is 32.0 Å². The highest BCUT2D eigenvalue weighted by Crippen LogP contribution is 2.38. The molecule has 0 aromatic rings. The summed E-state index contributed by atoms with van der Waals surface area (Å²) >= 11 is 0. The molecular weight excluding hydrogens is 1070 g/mol. The number of phosphoric acid groups is 1. The Hall–Kier alpha value is -2.55. The Labute approximate surface area is 527 Å². The molecule has 0 heterocycles. The molecule has 0 bridgehead atoms.